The van der Waals surface area contributed by atoms with Crippen LogP contribution in [0.4, 0.5) is 15.8 Å². The molecular formula is C11H8ClFN2OS. The van der Waals surface area contributed by atoms with Crippen molar-refractivity contribution < 1.29 is 9.18 Å². The van der Waals surface area contributed by atoms with Gasteiger partial charge in [-0.3, -0.25) is 4.79 Å². The Bertz CT molecular complexity index is 550. The number of halogens is 2. The molecule has 0 spiro atoms. The molecule has 6 heteroatoms. The molecule has 2 aromatic rings. The van der Waals surface area contributed by atoms with E-state index in [1.165, 1.54) is 18.2 Å². The topological polar surface area (TPSA) is 55.1 Å². The van der Waals surface area contributed by atoms with Crippen LogP contribution in [0.2, 0.25) is 4.34 Å². The largest absolute Gasteiger partial charge is 0.399 e. The molecule has 0 fully saturated rings. The summed E-state index contributed by atoms with van der Waals surface area (Å²) >= 11 is 6.87. The fourth-order valence-corrected chi connectivity index (χ4v) is 2.25. The van der Waals surface area contributed by atoms with Gasteiger partial charge < -0.3 is 11.1 Å². The number of carbonyl (C=O) groups is 1. The number of anilines is 2. The lowest BCUT2D eigenvalue weighted by Gasteiger charge is -2.04. The number of hydrogen-bond donors (Lipinski definition) is 2. The summed E-state index contributed by atoms with van der Waals surface area (Å²) in [6, 6.07) is 7.09. The Hall–Kier alpha value is -1.59. The molecule has 0 radical (unpaired) electrons. The van der Waals surface area contributed by atoms with Gasteiger partial charge in [-0.2, -0.15) is 0 Å². The van der Waals surface area contributed by atoms with Crippen LogP contribution in [-0.2, 0) is 0 Å². The van der Waals surface area contributed by atoms with Crippen molar-refractivity contribution in [1.82, 2.24) is 0 Å². The van der Waals surface area contributed by atoms with E-state index in [9.17, 15) is 9.18 Å². The minimum atomic E-state index is -0.496. The van der Waals surface area contributed by atoms with Gasteiger partial charge in [0.1, 0.15) is 5.82 Å². The van der Waals surface area contributed by atoms with Gasteiger partial charge in [0.15, 0.2) is 0 Å². The monoisotopic (exact) mass is 270 g/mol. The normalized spacial score (nSPS) is 10.2. The molecule has 3 nitrogen and oxygen atoms in total. The van der Waals surface area contributed by atoms with Crippen LogP contribution < -0.4 is 11.1 Å². The lowest BCUT2D eigenvalue weighted by Crippen LogP contribution is -2.10. The first-order chi connectivity index (χ1) is 8.04. The molecule has 88 valence electrons. The fraction of sp³-hybridized carbons (Fsp3) is 0. The SMILES string of the molecule is Nc1cc(F)cc(NC(=O)c2ccc(Cl)s2)c1. The molecule has 1 amide bonds. The number of benzene rings is 1. The highest BCUT2D eigenvalue weighted by molar-refractivity contribution is 7.18. The van der Waals surface area contributed by atoms with Crippen LogP contribution in [0, 0.1) is 5.82 Å². The van der Waals surface area contributed by atoms with Crippen LogP contribution in [0.1, 0.15) is 9.67 Å². The number of thiophene rings is 1. The quantitative estimate of drug-likeness (QED) is 0.822. The maximum Gasteiger partial charge on any atom is 0.265 e. The van der Waals surface area contributed by atoms with Crippen LogP contribution in [0.3, 0.4) is 0 Å². The third-order valence-corrected chi connectivity index (χ3v) is 3.20. The van der Waals surface area contributed by atoms with Gasteiger partial charge in [0.25, 0.3) is 5.91 Å². The molecule has 3 N–H and O–H groups in total. The van der Waals surface area contributed by atoms with Crippen LogP contribution >= 0.6 is 22.9 Å². The summed E-state index contributed by atoms with van der Waals surface area (Å²) in [7, 11) is 0. The van der Waals surface area contributed by atoms with Crippen molar-refractivity contribution in [3.8, 4) is 0 Å². The van der Waals surface area contributed by atoms with Crippen LogP contribution in [0.15, 0.2) is 30.3 Å². The number of amides is 1. The van der Waals surface area contributed by atoms with E-state index < -0.39 is 5.82 Å². The first-order valence-corrected chi connectivity index (χ1v) is 5.87. The van der Waals surface area contributed by atoms with Gasteiger partial charge in [0.05, 0.1) is 9.21 Å². The van der Waals surface area contributed by atoms with Gasteiger partial charge in [0, 0.05) is 11.4 Å². The molecule has 0 aliphatic heterocycles. The fourth-order valence-electron chi connectivity index (χ4n) is 1.31. The Labute approximate surface area is 106 Å². The highest BCUT2D eigenvalue weighted by atomic mass is 35.5. The van der Waals surface area contributed by atoms with Gasteiger partial charge in [-0.25, -0.2) is 4.39 Å². The number of nitrogens with two attached hydrogens (primary N) is 1. The predicted molar refractivity (Wildman–Crippen MR) is 68.1 cm³/mol. The molecule has 0 unspecified atom stereocenters. The number of nitrogens with one attached hydrogen (secondary N) is 1. The highest BCUT2D eigenvalue weighted by Crippen LogP contribution is 2.23. The molecular weight excluding hydrogens is 263 g/mol. The summed E-state index contributed by atoms with van der Waals surface area (Å²) in [4.78, 5) is 12.2. The molecule has 0 bridgehead atoms. The van der Waals surface area contributed by atoms with E-state index >= 15 is 0 Å². The Kier molecular flexibility index (Phi) is 3.31. The molecule has 0 aliphatic rings. The third-order valence-electron chi connectivity index (χ3n) is 1.97. The Morgan fingerprint density at radius 2 is 2.12 bits per heavy atom. The minimum absolute atomic E-state index is 0.254. The molecule has 0 atom stereocenters. The second kappa shape index (κ2) is 4.73. The van der Waals surface area contributed by atoms with Crippen molar-refractivity contribution in [3.05, 3.63) is 45.4 Å². The van der Waals surface area contributed by atoms with Gasteiger partial charge in [-0.05, 0) is 30.3 Å². The third kappa shape index (κ3) is 2.95. The van der Waals surface area contributed by atoms with Crippen molar-refractivity contribution in [2.45, 2.75) is 0 Å². The van der Waals surface area contributed by atoms with Crippen molar-refractivity contribution >= 4 is 40.2 Å². The average molecular weight is 271 g/mol. The van der Waals surface area contributed by atoms with Crippen molar-refractivity contribution in [2.24, 2.45) is 0 Å². The van der Waals surface area contributed by atoms with Crippen molar-refractivity contribution in [3.63, 3.8) is 0 Å². The Morgan fingerprint density at radius 1 is 1.35 bits per heavy atom. The molecule has 1 aromatic carbocycles. The van der Waals surface area contributed by atoms with Gasteiger partial charge in [-0.1, -0.05) is 11.6 Å². The summed E-state index contributed by atoms with van der Waals surface area (Å²) in [5.74, 6) is -0.837. The first-order valence-electron chi connectivity index (χ1n) is 4.67. The summed E-state index contributed by atoms with van der Waals surface area (Å²) in [5, 5.41) is 2.55. The van der Waals surface area contributed by atoms with E-state index in [4.69, 9.17) is 17.3 Å². The molecule has 17 heavy (non-hydrogen) atoms. The lowest BCUT2D eigenvalue weighted by molar-refractivity contribution is 0.103. The summed E-state index contributed by atoms with van der Waals surface area (Å²) in [5.41, 5.74) is 6.04. The van der Waals surface area contributed by atoms with E-state index in [2.05, 4.69) is 5.32 Å². The number of rotatable bonds is 2. The predicted octanol–water partition coefficient (Wildman–Crippen LogP) is 3.38. The lowest BCUT2D eigenvalue weighted by atomic mass is 10.2. The summed E-state index contributed by atoms with van der Waals surface area (Å²) < 4.78 is 13.6. The number of nitrogen functional groups attached to an aromatic ring is 1. The van der Waals surface area contributed by atoms with E-state index in [1.807, 2.05) is 0 Å². The zero-order chi connectivity index (χ0) is 12.4. The van der Waals surface area contributed by atoms with E-state index in [1.54, 1.807) is 12.1 Å². The second-order valence-corrected chi connectivity index (χ2v) is 5.05. The summed E-state index contributed by atoms with van der Waals surface area (Å²) in [6.45, 7) is 0. The zero-order valence-electron chi connectivity index (χ0n) is 8.54. The van der Waals surface area contributed by atoms with Gasteiger partial charge >= 0.3 is 0 Å². The van der Waals surface area contributed by atoms with E-state index in [0.29, 0.717) is 14.9 Å². The van der Waals surface area contributed by atoms with Crippen molar-refractivity contribution in [2.75, 3.05) is 11.1 Å². The standard InChI is InChI=1S/C11H8ClFN2OS/c12-10-2-1-9(17-10)11(16)15-8-4-6(13)3-7(14)5-8/h1-5H,14H2,(H,15,16). The van der Waals surface area contributed by atoms with E-state index in [-0.39, 0.29) is 11.6 Å². The maximum atomic E-state index is 13.0. The van der Waals surface area contributed by atoms with Gasteiger partial charge in [0.2, 0.25) is 0 Å². The molecule has 0 saturated heterocycles. The second-order valence-electron chi connectivity index (χ2n) is 3.33. The average Bonchev–Trinajstić information content (AvgIpc) is 2.63. The molecule has 0 aliphatic carbocycles. The smallest absolute Gasteiger partial charge is 0.265 e. The Morgan fingerprint density at radius 3 is 2.71 bits per heavy atom. The minimum Gasteiger partial charge on any atom is -0.399 e. The van der Waals surface area contributed by atoms with Gasteiger partial charge in [-0.15, -0.1) is 11.3 Å². The van der Waals surface area contributed by atoms with Crippen LogP contribution in [0.25, 0.3) is 0 Å². The zero-order valence-corrected chi connectivity index (χ0v) is 10.1. The van der Waals surface area contributed by atoms with Crippen LogP contribution in [-0.4, -0.2) is 5.91 Å². The highest BCUT2D eigenvalue weighted by Gasteiger charge is 2.09. The number of hydrogen-bond acceptors (Lipinski definition) is 3. The molecule has 2 rings (SSSR count). The summed E-state index contributed by atoms with van der Waals surface area (Å²) in [6.07, 6.45) is 0. The molecule has 1 heterocycles. The maximum absolute atomic E-state index is 13.0. The van der Waals surface area contributed by atoms with Crippen molar-refractivity contribution in [1.29, 1.82) is 0 Å². The van der Waals surface area contributed by atoms with E-state index in [0.717, 1.165) is 11.3 Å². The van der Waals surface area contributed by atoms with Crippen LogP contribution in [0.5, 0.6) is 0 Å². The molecule has 1 aromatic heterocycles. The number of carbonyl (C=O) groups excluding carboxylic acids is 1. The molecule has 0 saturated carbocycles. The first kappa shape index (κ1) is 11.9. The Balaban J connectivity index is 2.18.